The number of sulfonamides is 1. The molecule has 1 aliphatic rings. The molecule has 0 spiro atoms. The molecule has 4 rings (SSSR count). The lowest BCUT2D eigenvalue weighted by molar-refractivity contribution is 0.378. The van der Waals surface area contributed by atoms with Gasteiger partial charge >= 0.3 is 5.63 Å². The number of anilines is 1. The summed E-state index contributed by atoms with van der Waals surface area (Å²) in [4.78, 5) is 13.6. The first-order valence-corrected chi connectivity index (χ1v) is 10.3. The molecule has 1 fully saturated rings. The molecule has 0 unspecified atom stereocenters. The molecule has 0 bridgehead atoms. The van der Waals surface area contributed by atoms with Gasteiger partial charge in [0.15, 0.2) is 0 Å². The van der Waals surface area contributed by atoms with Gasteiger partial charge in [-0.1, -0.05) is 12.1 Å². The first-order valence-electron chi connectivity index (χ1n) is 8.91. The summed E-state index contributed by atoms with van der Waals surface area (Å²) < 4.78 is 38.1. The number of para-hydroxylation sites is 2. The van der Waals surface area contributed by atoms with Gasteiger partial charge < -0.3 is 14.1 Å². The van der Waals surface area contributed by atoms with E-state index in [2.05, 4.69) is 4.90 Å². The summed E-state index contributed by atoms with van der Waals surface area (Å²) in [7, 11) is -2.00. The Balaban J connectivity index is 1.55. The number of piperazine rings is 1. The van der Waals surface area contributed by atoms with Gasteiger partial charge in [0.2, 0.25) is 10.0 Å². The van der Waals surface area contributed by atoms with E-state index in [0.29, 0.717) is 37.1 Å². The number of fused-ring (bicyclic) bond motifs is 1. The highest BCUT2D eigenvalue weighted by Crippen LogP contribution is 2.29. The van der Waals surface area contributed by atoms with Crippen molar-refractivity contribution in [1.29, 1.82) is 0 Å². The fourth-order valence-electron chi connectivity index (χ4n) is 3.42. The minimum Gasteiger partial charge on any atom is -0.495 e. The average molecular weight is 400 g/mol. The van der Waals surface area contributed by atoms with Crippen molar-refractivity contribution in [2.45, 2.75) is 4.90 Å². The highest BCUT2D eigenvalue weighted by atomic mass is 32.2. The molecule has 1 saturated heterocycles. The van der Waals surface area contributed by atoms with Gasteiger partial charge in [0.05, 0.1) is 17.7 Å². The molecule has 28 heavy (non-hydrogen) atoms. The number of ether oxygens (including phenoxy) is 1. The predicted octanol–water partition coefficient (Wildman–Crippen LogP) is 2.31. The SMILES string of the molecule is COc1ccccc1N1CCN(S(=O)(=O)c2ccc3oc(=O)ccc3c2)CC1. The second-order valence-electron chi connectivity index (χ2n) is 6.52. The van der Waals surface area contributed by atoms with Gasteiger partial charge in [-0.2, -0.15) is 4.31 Å². The number of methoxy groups -OCH3 is 1. The van der Waals surface area contributed by atoms with Gasteiger partial charge in [0.1, 0.15) is 11.3 Å². The van der Waals surface area contributed by atoms with Gasteiger partial charge in [0, 0.05) is 37.6 Å². The molecule has 3 aromatic rings. The van der Waals surface area contributed by atoms with Crippen LogP contribution in [0.1, 0.15) is 0 Å². The van der Waals surface area contributed by atoms with Crippen LogP contribution >= 0.6 is 0 Å². The molecule has 2 heterocycles. The zero-order valence-corrected chi connectivity index (χ0v) is 16.2. The third kappa shape index (κ3) is 3.36. The molecule has 0 aliphatic carbocycles. The van der Waals surface area contributed by atoms with Crippen LogP contribution in [-0.4, -0.2) is 46.0 Å². The third-order valence-electron chi connectivity index (χ3n) is 4.89. The fourth-order valence-corrected chi connectivity index (χ4v) is 4.88. The number of nitrogens with zero attached hydrogens (tertiary/aromatic N) is 2. The Morgan fingerprint density at radius 2 is 1.71 bits per heavy atom. The molecule has 0 N–H and O–H groups in total. The molecule has 7 nitrogen and oxygen atoms in total. The van der Waals surface area contributed by atoms with Crippen molar-refractivity contribution in [2.75, 3.05) is 38.2 Å². The van der Waals surface area contributed by atoms with Crippen molar-refractivity contribution < 1.29 is 17.6 Å². The third-order valence-corrected chi connectivity index (χ3v) is 6.79. The van der Waals surface area contributed by atoms with Crippen LogP contribution < -0.4 is 15.3 Å². The summed E-state index contributed by atoms with van der Waals surface area (Å²) in [5.41, 5.74) is 0.866. The fraction of sp³-hybridized carbons (Fsp3) is 0.250. The van der Waals surface area contributed by atoms with Crippen LogP contribution in [0.25, 0.3) is 11.0 Å². The molecule has 146 valence electrons. The maximum atomic E-state index is 13.1. The van der Waals surface area contributed by atoms with Crippen molar-refractivity contribution in [2.24, 2.45) is 0 Å². The van der Waals surface area contributed by atoms with Crippen molar-refractivity contribution in [3.8, 4) is 5.75 Å². The molecule has 0 saturated carbocycles. The Kier molecular flexibility index (Phi) is 4.82. The molecule has 1 aromatic heterocycles. The topological polar surface area (TPSA) is 80.1 Å². The molecule has 8 heteroatoms. The van der Waals surface area contributed by atoms with E-state index in [-0.39, 0.29) is 4.90 Å². The standard InChI is InChI=1S/C20H20N2O5S/c1-26-19-5-3-2-4-17(19)21-10-12-22(13-11-21)28(24,25)16-7-8-18-15(14-16)6-9-20(23)27-18/h2-9,14H,10-13H2,1H3. The van der Waals surface area contributed by atoms with Gasteiger partial charge in [-0.25, -0.2) is 13.2 Å². The zero-order valence-electron chi connectivity index (χ0n) is 15.4. The Morgan fingerprint density at radius 1 is 0.964 bits per heavy atom. The van der Waals surface area contributed by atoms with E-state index < -0.39 is 15.6 Å². The van der Waals surface area contributed by atoms with Crippen LogP contribution in [0.3, 0.4) is 0 Å². The average Bonchev–Trinajstić information content (AvgIpc) is 2.73. The summed E-state index contributed by atoms with van der Waals surface area (Å²) in [5.74, 6) is 0.773. The highest BCUT2D eigenvalue weighted by Gasteiger charge is 2.29. The van der Waals surface area contributed by atoms with Crippen LogP contribution in [0.5, 0.6) is 5.75 Å². The zero-order chi connectivity index (χ0) is 19.7. The summed E-state index contributed by atoms with van der Waals surface area (Å²) in [6, 6.07) is 15.1. The van der Waals surface area contributed by atoms with Gasteiger partial charge in [-0.3, -0.25) is 0 Å². The number of hydrogen-bond donors (Lipinski definition) is 0. The first-order chi connectivity index (χ1) is 13.5. The maximum Gasteiger partial charge on any atom is 0.336 e. The second kappa shape index (κ2) is 7.29. The number of rotatable bonds is 4. The van der Waals surface area contributed by atoms with E-state index in [0.717, 1.165) is 11.4 Å². The number of benzene rings is 2. The van der Waals surface area contributed by atoms with E-state index in [1.54, 1.807) is 19.2 Å². The van der Waals surface area contributed by atoms with Crippen molar-refractivity contribution >= 4 is 26.7 Å². The monoisotopic (exact) mass is 400 g/mol. The van der Waals surface area contributed by atoms with E-state index >= 15 is 0 Å². The Hall–Kier alpha value is -2.84. The van der Waals surface area contributed by atoms with Crippen molar-refractivity contribution in [3.63, 3.8) is 0 Å². The van der Waals surface area contributed by atoms with Gasteiger partial charge in [-0.15, -0.1) is 0 Å². The summed E-state index contributed by atoms with van der Waals surface area (Å²) >= 11 is 0. The van der Waals surface area contributed by atoms with Crippen LogP contribution in [0.2, 0.25) is 0 Å². The maximum absolute atomic E-state index is 13.1. The van der Waals surface area contributed by atoms with Crippen molar-refractivity contribution in [3.05, 3.63) is 65.0 Å². The Labute approximate surface area is 162 Å². The van der Waals surface area contributed by atoms with E-state index in [1.807, 2.05) is 24.3 Å². The molecule has 1 aliphatic heterocycles. The first kappa shape index (κ1) is 18.5. The lowest BCUT2D eigenvalue weighted by atomic mass is 10.2. The molecule has 2 aromatic carbocycles. The highest BCUT2D eigenvalue weighted by molar-refractivity contribution is 7.89. The molecular weight excluding hydrogens is 380 g/mol. The summed E-state index contributed by atoms with van der Waals surface area (Å²) in [6.07, 6.45) is 0. The lowest BCUT2D eigenvalue weighted by Gasteiger charge is -2.35. The minimum atomic E-state index is -3.63. The van der Waals surface area contributed by atoms with E-state index in [1.165, 1.54) is 22.5 Å². The van der Waals surface area contributed by atoms with Crippen LogP contribution in [-0.2, 0) is 10.0 Å². The smallest absolute Gasteiger partial charge is 0.336 e. The number of hydrogen-bond acceptors (Lipinski definition) is 6. The van der Waals surface area contributed by atoms with Crippen LogP contribution in [0.15, 0.2) is 68.7 Å². The van der Waals surface area contributed by atoms with Crippen LogP contribution in [0, 0.1) is 0 Å². The van der Waals surface area contributed by atoms with Gasteiger partial charge in [-0.05, 0) is 36.4 Å². The van der Waals surface area contributed by atoms with E-state index in [4.69, 9.17) is 9.15 Å². The molecular formula is C20H20N2O5S. The minimum absolute atomic E-state index is 0.194. The second-order valence-corrected chi connectivity index (χ2v) is 8.45. The lowest BCUT2D eigenvalue weighted by Crippen LogP contribution is -2.48. The van der Waals surface area contributed by atoms with E-state index in [9.17, 15) is 13.2 Å². The van der Waals surface area contributed by atoms with Crippen LogP contribution in [0.4, 0.5) is 5.69 Å². The largest absolute Gasteiger partial charge is 0.495 e. The Morgan fingerprint density at radius 3 is 2.46 bits per heavy atom. The Bertz CT molecular complexity index is 1160. The predicted molar refractivity (Wildman–Crippen MR) is 106 cm³/mol. The quantitative estimate of drug-likeness (QED) is 0.626. The van der Waals surface area contributed by atoms with Gasteiger partial charge in [0.25, 0.3) is 0 Å². The molecule has 0 radical (unpaired) electrons. The normalized spacial score (nSPS) is 15.7. The van der Waals surface area contributed by atoms with Crippen molar-refractivity contribution in [1.82, 2.24) is 4.31 Å². The summed E-state index contributed by atoms with van der Waals surface area (Å²) in [6.45, 7) is 1.90. The molecule has 0 atom stereocenters. The summed E-state index contributed by atoms with van der Waals surface area (Å²) in [5, 5.41) is 0.577. The molecule has 0 amide bonds.